The molecule has 0 aromatic heterocycles. The fourth-order valence-electron chi connectivity index (χ4n) is 3.16. The van der Waals surface area contributed by atoms with Gasteiger partial charge in [-0.05, 0) is 49.9 Å². The summed E-state index contributed by atoms with van der Waals surface area (Å²) < 4.78 is 0. The summed E-state index contributed by atoms with van der Waals surface area (Å²) in [6, 6.07) is 9.24. The van der Waals surface area contributed by atoms with Gasteiger partial charge in [-0.1, -0.05) is 19.8 Å². The van der Waals surface area contributed by atoms with Gasteiger partial charge in [-0.3, -0.25) is 0 Å². The molecule has 0 aliphatic heterocycles. The number of aliphatic hydroxyl groups is 1. The second-order valence-corrected chi connectivity index (χ2v) is 5.96. The van der Waals surface area contributed by atoms with Gasteiger partial charge in [-0.25, -0.2) is 0 Å². The van der Waals surface area contributed by atoms with Gasteiger partial charge in [0, 0.05) is 30.5 Å². The van der Waals surface area contributed by atoms with Crippen molar-refractivity contribution in [3.05, 3.63) is 24.3 Å². The maximum Gasteiger partial charge on any atom is 0.0606 e. The molecule has 2 N–H and O–H groups in total. The van der Waals surface area contributed by atoms with Crippen LogP contribution in [-0.2, 0) is 0 Å². The zero-order chi connectivity index (χ0) is 14.4. The quantitative estimate of drug-likeness (QED) is 0.835. The standard InChI is InChI=1S/C17H28N2O/c1-3-19(11-12-20)17-9-7-15(8-10-17)18-16-6-4-5-14(2)13-16/h7-10,14,16,18,20H,3-6,11-13H2,1-2H3. The van der Waals surface area contributed by atoms with Crippen LogP contribution in [0.25, 0.3) is 0 Å². The highest BCUT2D eigenvalue weighted by atomic mass is 16.3. The lowest BCUT2D eigenvalue weighted by molar-refractivity contribution is 0.302. The molecule has 2 unspecified atom stereocenters. The number of aliphatic hydroxyl groups excluding tert-OH is 1. The Morgan fingerprint density at radius 1 is 1.25 bits per heavy atom. The number of benzene rings is 1. The number of rotatable bonds is 6. The molecule has 112 valence electrons. The van der Waals surface area contributed by atoms with Crippen molar-refractivity contribution in [1.29, 1.82) is 0 Å². The molecule has 1 aliphatic carbocycles. The van der Waals surface area contributed by atoms with Gasteiger partial charge in [0.1, 0.15) is 0 Å². The van der Waals surface area contributed by atoms with Crippen molar-refractivity contribution in [3.8, 4) is 0 Å². The minimum atomic E-state index is 0.202. The molecule has 0 amide bonds. The summed E-state index contributed by atoms with van der Waals surface area (Å²) in [6.07, 6.45) is 5.30. The Kier molecular flexibility index (Phi) is 5.72. The van der Waals surface area contributed by atoms with E-state index in [9.17, 15) is 0 Å². The summed E-state index contributed by atoms with van der Waals surface area (Å²) in [5.41, 5.74) is 2.40. The van der Waals surface area contributed by atoms with Crippen molar-refractivity contribution in [2.24, 2.45) is 5.92 Å². The Bertz CT molecular complexity index is 390. The Hall–Kier alpha value is -1.22. The van der Waals surface area contributed by atoms with Gasteiger partial charge in [-0.15, -0.1) is 0 Å². The SMILES string of the molecule is CCN(CCO)c1ccc(NC2CCCC(C)C2)cc1. The Morgan fingerprint density at radius 2 is 2.00 bits per heavy atom. The highest BCUT2D eigenvalue weighted by Gasteiger charge is 2.18. The average Bonchev–Trinajstić information content (AvgIpc) is 2.46. The van der Waals surface area contributed by atoms with E-state index in [1.807, 2.05) is 0 Å². The number of hydrogen-bond donors (Lipinski definition) is 2. The van der Waals surface area contributed by atoms with E-state index in [-0.39, 0.29) is 6.61 Å². The molecule has 20 heavy (non-hydrogen) atoms. The zero-order valence-electron chi connectivity index (χ0n) is 12.8. The van der Waals surface area contributed by atoms with E-state index < -0.39 is 0 Å². The third-order valence-electron chi connectivity index (χ3n) is 4.29. The molecule has 0 heterocycles. The molecular weight excluding hydrogens is 248 g/mol. The summed E-state index contributed by atoms with van der Waals surface area (Å²) in [6.45, 7) is 6.29. The zero-order valence-corrected chi connectivity index (χ0v) is 12.8. The Morgan fingerprint density at radius 3 is 2.60 bits per heavy atom. The van der Waals surface area contributed by atoms with Gasteiger partial charge >= 0.3 is 0 Å². The van der Waals surface area contributed by atoms with Crippen molar-refractivity contribution in [2.45, 2.75) is 45.6 Å². The monoisotopic (exact) mass is 276 g/mol. The molecule has 3 nitrogen and oxygen atoms in total. The first-order valence-electron chi connectivity index (χ1n) is 7.95. The van der Waals surface area contributed by atoms with Crippen LogP contribution in [0.4, 0.5) is 11.4 Å². The lowest BCUT2D eigenvalue weighted by Gasteiger charge is -2.28. The van der Waals surface area contributed by atoms with Crippen LogP contribution < -0.4 is 10.2 Å². The summed E-state index contributed by atoms with van der Waals surface area (Å²) in [5, 5.41) is 12.7. The molecule has 0 saturated heterocycles. The van der Waals surface area contributed by atoms with Crippen LogP contribution in [0.1, 0.15) is 39.5 Å². The lowest BCUT2D eigenvalue weighted by Crippen LogP contribution is -2.27. The van der Waals surface area contributed by atoms with E-state index in [4.69, 9.17) is 5.11 Å². The molecule has 1 aliphatic rings. The predicted octanol–water partition coefficient (Wildman–Crippen LogP) is 3.50. The van der Waals surface area contributed by atoms with Gasteiger partial charge in [0.2, 0.25) is 0 Å². The van der Waals surface area contributed by atoms with Crippen LogP contribution in [0, 0.1) is 5.92 Å². The molecule has 1 fully saturated rings. The van der Waals surface area contributed by atoms with Crippen molar-refractivity contribution in [2.75, 3.05) is 29.9 Å². The number of hydrogen-bond acceptors (Lipinski definition) is 3. The van der Waals surface area contributed by atoms with Crippen LogP contribution in [-0.4, -0.2) is 30.8 Å². The minimum absolute atomic E-state index is 0.202. The molecule has 1 aromatic rings. The molecule has 1 aromatic carbocycles. The normalized spacial score (nSPS) is 22.6. The van der Waals surface area contributed by atoms with Crippen LogP contribution >= 0.6 is 0 Å². The van der Waals surface area contributed by atoms with E-state index in [0.717, 1.165) is 12.5 Å². The maximum atomic E-state index is 9.07. The lowest BCUT2D eigenvalue weighted by atomic mass is 9.87. The Labute approximate surface area is 123 Å². The summed E-state index contributed by atoms with van der Waals surface area (Å²) in [4.78, 5) is 2.19. The van der Waals surface area contributed by atoms with E-state index in [1.165, 1.54) is 37.1 Å². The topological polar surface area (TPSA) is 35.5 Å². The summed E-state index contributed by atoms with van der Waals surface area (Å²) >= 11 is 0. The number of nitrogens with one attached hydrogen (secondary N) is 1. The first-order chi connectivity index (χ1) is 9.72. The first-order valence-corrected chi connectivity index (χ1v) is 7.95. The van der Waals surface area contributed by atoms with Crippen LogP contribution in [0.5, 0.6) is 0 Å². The summed E-state index contributed by atoms with van der Waals surface area (Å²) in [5.74, 6) is 0.848. The van der Waals surface area contributed by atoms with Crippen molar-refractivity contribution >= 4 is 11.4 Å². The molecule has 0 radical (unpaired) electrons. The molecule has 2 atom stereocenters. The molecule has 1 saturated carbocycles. The molecule has 0 spiro atoms. The van der Waals surface area contributed by atoms with E-state index in [1.54, 1.807) is 0 Å². The third-order valence-corrected chi connectivity index (χ3v) is 4.29. The smallest absolute Gasteiger partial charge is 0.0606 e. The van der Waals surface area contributed by atoms with Gasteiger partial charge in [0.05, 0.1) is 6.61 Å². The number of anilines is 2. The Balaban J connectivity index is 1.93. The fraction of sp³-hybridized carbons (Fsp3) is 0.647. The van der Waals surface area contributed by atoms with Gasteiger partial charge in [0.15, 0.2) is 0 Å². The fourth-order valence-corrected chi connectivity index (χ4v) is 3.16. The highest BCUT2D eigenvalue weighted by Crippen LogP contribution is 2.27. The predicted molar refractivity (Wildman–Crippen MR) is 86.5 cm³/mol. The van der Waals surface area contributed by atoms with E-state index in [2.05, 4.69) is 48.3 Å². The van der Waals surface area contributed by atoms with Crippen molar-refractivity contribution in [3.63, 3.8) is 0 Å². The minimum Gasteiger partial charge on any atom is -0.395 e. The van der Waals surface area contributed by atoms with Gasteiger partial charge in [0.25, 0.3) is 0 Å². The second-order valence-electron chi connectivity index (χ2n) is 5.96. The van der Waals surface area contributed by atoms with E-state index >= 15 is 0 Å². The van der Waals surface area contributed by atoms with Gasteiger partial charge < -0.3 is 15.3 Å². The third kappa shape index (κ3) is 4.14. The highest BCUT2D eigenvalue weighted by molar-refractivity contribution is 5.55. The molecular formula is C17H28N2O. The van der Waals surface area contributed by atoms with Crippen molar-refractivity contribution in [1.82, 2.24) is 0 Å². The van der Waals surface area contributed by atoms with Crippen LogP contribution in [0.2, 0.25) is 0 Å². The second kappa shape index (κ2) is 7.53. The van der Waals surface area contributed by atoms with Gasteiger partial charge in [-0.2, -0.15) is 0 Å². The molecule has 3 heteroatoms. The van der Waals surface area contributed by atoms with Crippen molar-refractivity contribution < 1.29 is 5.11 Å². The first kappa shape index (κ1) is 15.2. The summed E-state index contributed by atoms with van der Waals surface area (Å²) in [7, 11) is 0. The van der Waals surface area contributed by atoms with E-state index in [0.29, 0.717) is 12.6 Å². The van der Waals surface area contributed by atoms with Crippen LogP contribution in [0.3, 0.4) is 0 Å². The molecule has 0 bridgehead atoms. The maximum absolute atomic E-state index is 9.07. The average molecular weight is 276 g/mol. The molecule has 2 rings (SSSR count). The number of nitrogens with zero attached hydrogens (tertiary/aromatic N) is 1. The number of likely N-dealkylation sites (N-methyl/N-ethyl adjacent to an activating group) is 1. The largest absolute Gasteiger partial charge is 0.395 e. The van der Waals surface area contributed by atoms with Crippen LogP contribution in [0.15, 0.2) is 24.3 Å².